The molecule has 1 N–H and O–H groups in total. The lowest BCUT2D eigenvalue weighted by atomic mass is 10.0. The van der Waals surface area contributed by atoms with Crippen LogP contribution >= 0.6 is 0 Å². The van der Waals surface area contributed by atoms with Gasteiger partial charge in [0.1, 0.15) is 30.4 Å². The summed E-state index contributed by atoms with van der Waals surface area (Å²) in [6, 6.07) is 11.6. The monoisotopic (exact) mass is 488 g/mol. The van der Waals surface area contributed by atoms with Crippen LogP contribution < -0.4 is 26.3 Å². The van der Waals surface area contributed by atoms with Crippen LogP contribution in [-0.4, -0.2) is 71.5 Å². The molecule has 1 saturated heterocycles. The van der Waals surface area contributed by atoms with Crippen molar-refractivity contribution >= 4 is 66.5 Å². The number of imidazole rings is 1. The molecule has 1 aliphatic heterocycles. The molecule has 3 aromatic heterocycles. The molecular formula is C25H22B2N8O2. The molecule has 2 aromatic carbocycles. The molecule has 6 rings (SSSR count). The Balaban J connectivity index is 1.29. The average molecular weight is 488 g/mol. The van der Waals surface area contributed by atoms with Gasteiger partial charge in [0.25, 0.3) is 0 Å². The van der Waals surface area contributed by atoms with E-state index in [-0.39, 0.29) is 11.3 Å². The van der Waals surface area contributed by atoms with Gasteiger partial charge in [-0.05, 0) is 42.8 Å². The number of anilines is 3. The molecule has 1 fully saturated rings. The standard InChI is InChI=1S/C25H22B2N8O2/c1-14-11-15(3-6-19(14)37-16-4-5-18-17(12-16)28-13-34(18)2)29-23-21-20(30-24(27)33-23)22(26)32-25(31-21)35-7-9-36-10-8-35/h3-6,11-13H,7-10H2,1-2H3,(H,29,30,33). The van der Waals surface area contributed by atoms with Crippen LogP contribution in [0.1, 0.15) is 5.56 Å². The van der Waals surface area contributed by atoms with E-state index >= 15 is 0 Å². The molecule has 12 heteroatoms. The minimum absolute atomic E-state index is 0.0750. The predicted molar refractivity (Wildman–Crippen MR) is 144 cm³/mol. The van der Waals surface area contributed by atoms with Crippen molar-refractivity contribution in [2.24, 2.45) is 7.05 Å². The molecule has 0 spiro atoms. The number of aromatic nitrogens is 6. The van der Waals surface area contributed by atoms with Crippen molar-refractivity contribution in [2.75, 3.05) is 36.5 Å². The van der Waals surface area contributed by atoms with Crippen LogP contribution in [-0.2, 0) is 11.8 Å². The first-order chi connectivity index (χ1) is 17.9. The number of nitrogens with one attached hydrogen (secondary N) is 1. The van der Waals surface area contributed by atoms with E-state index in [4.69, 9.17) is 30.2 Å². The second-order valence-electron chi connectivity index (χ2n) is 8.85. The molecule has 0 amide bonds. The number of fused-ring (bicyclic) bond motifs is 2. The normalized spacial score (nSPS) is 13.8. The van der Waals surface area contributed by atoms with Crippen molar-refractivity contribution in [1.82, 2.24) is 29.5 Å². The Hall–Kier alpha value is -4.18. The topological polar surface area (TPSA) is 103 Å². The Morgan fingerprint density at radius 2 is 1.81 bits per heavy atom. The highest BCUT2D eigenvalue weighted by Gasteiger charge is 2.18. The number of benzene rings is 2. The molecule has 0 atom stereocenters. The summed E-state index contributed by atoms with van der Waals surface area (Å²) in [4.78, 5) is 24.3. The fourth-order valence-electron chi connectivity index (χ4n) is 4.32. The highest BCUT2D eigenvalue weighted by Crippen LogP contribution is 2.30. The zero-order valence-corrected chi connectivity index (χ0v) is 20.5. The van der Waals surface area contributed by atoms with Gasteiger partial charge in [-0.25, -0.2) is 24.9 Å². The summed E-state index contributed by atoms with van der Waals surface area (Å²) in [5.74, 6) is 2.40. The number of ether oxygens (including phenoxy) is 2. The summed E-state index contributed by atoms with van der Waals surface area (Å²) in [6.45, 7) is 4.54. The fraction of sp³-hybridized carbons (Fsp3) is 0.240. The van der Waals surface area contributed by atoms with E-state index in [1.54, 1.807) is 6.33 Å². The molecule has 0 unspecified atom stereocenters. The molecule has 1 aliphatic rings. The Morgan fingerprint density at radius 3 is 2.62 bits per heavy atom. The third-order valence-corrected chi connectivity index (χ3v) is 6.23. The summed E-state index contributed by atoms with van der Waals surface area (Å²) in [5.41, 5.74) is 4.84. The lowest BCUT2D eigenvalue weighted by Gasteiger charge is -2.27. The van der Waals surface area contributed by atoms with E-state index in [0.29, 0.717) is 54.9 Å². The van der Waals surface area contributed by atoms with Gasteiger partial charge in [0.05, 0.1) is 36.3 Å². The Bertz CT molecular complexity index is 1630. The average Bonchev–Trinajstić information content (AvgIpc) is 3.26. The molecule has 37 heavy (non-hydrogen) atoms. The van der Waals surface area contributed by atoms with Gasteiger partial charge < -0.3 is 24.3 Å². The van der Waals surface area contributed by atoms with Gasteiger partial charge in [0.2, 0.25) is 5.95 Å². The van der Waals surface area contributed by atoms with E-state index < -0.39 is 0 Å². The molecule has 0 bridgehead atoms. The van der Waals surface area contributed by atoms with Crippen molar-refractivity contribution in [3.63, 3.8) is 0 Å². The third-order valence-electron chi connectivity index (χ3n) is 6.23. The zero-order chi connectivity index (χ0) is 25.5. The van der Waals surface area contributed by atoms with E-state index in [1.165, 1.54) is 0 Å². The highest BCUT2D eigenvalue weighted by molar-refractivity contribution is 6.37. The summed E-state index contributed by atoms with van der Waals surface area (Å²) in [6.07, 6.45) is 1.78. The first-order valence-corrected chi connectivity index (χ1v) is 11.8. The maximum absolute atomic E-state index is 6.24. The van der Waals surface area contributed by atoms with Crippen LogP contribution in [0.15, 0.2) is 42.7 Å². The van der Waals surface area contributed by atoms with Gasteiger partial charge in [-0.15, -0.1) is 0 Å². The summed E-state index contributed by atoms with van der Waals surface area (Å²) in [7, 11) is 14.2. The van der Waals surface area contributed by atoms with Crippen molar-refractivity contribution in [3.8, 4) is 11.5 Å². The van der Waals surface area contributed by atoms with Gasteiger partial charge in [-0.3, -0.25) is 0 Å². The van der Waals surface area contributed by atoms with Crippen LogP contribution in [0.2, 0.25) is 0 Å². The van der Waals surface area contributed by atoms with Gasteiger partial charge in [-0.1, -0.05) is 0 Å². The first kappa shape index (κ1) is 23.2. The Kier molecular flexibility index (Phi) is 5.88. The zero-order valence-electron chi connectivity index (χ0n) is 20.5. The number of rotatable bonds is 5. The van der Waals surface area contributed by atoms with Gasteiger partial charge in [-0.2, -0.15) is 0 Å². The third kappa shape index (κ3) is 4.55. The molecule has 4 heterocycles. The van der Waals surface area contributed by atoms with Crippen LogP contribution in [0.25, 0.3) is 22.1 Å². The van der Waals surface area contributed by atoms with Gasteiger partial charge in [0, 0.05) is 37.5 Å². The predicted octanol–water partition coefficient (Wildman–Crippen LogP) is 1.58. The largest absolute Gasteiger partial charge is 0.457 e. The SMILES string of the molecule is [B]c1nc(Nc2ccc(Oc3ccc4c(c3)ncn4C)c(C)c2)c2nc(N3CCOCC3)nc([B])c2n1. The molecule has 180 valence electrons. The molecule has 5 aromatic rings. The lowest BCUT2D eigenvalue weighted by Crippen LogP contribution is -2.38. The molecule has 10 nitrogen and oxygen atoms in total. The van der Waals surface area contributed by atoms with E-state index in [2.05, 4.69) is 25.3 Å². The minimum Gasteiger partial charge on any atom is -0.457 e. The smallest absolute Gasteiger partial charge is 0.225 e. The summed E-state index contributed by atoms with van der Waals surface area (Å²) < 4.78 is 13.6. The van der Waals surface area contributed by atoms with Crippen LogP contribution in [0.4, 0.5) is 17.5 Å². The molecular weight excluding hydrogens is 466 g/mol. The summed E-state index contributed by atoms with van der Waals surface area (Å²) in [5, 5.41) is 3.32. The fourth-order valence-corrected chi connectivity index (χ4v) is 4.32. The van der Waals surface area contributed by atoms with Crippen molar-refractivity contribution in [2.45, 2.75) is 6.92 Å². The maximum Gasteiger partial charge on any atom is 0.225 e. The van der Waals surface area contributed by atoms with Crippen LogP contribution in [0, 0.1) is 6.92 Å². The molecule has 4 radical (unpaired) electrons. The van der Waals surface area contributed by atoms with E-state index in [9.17, 15) is 0 Å². The lowest BCUT2D eigenvalue weighted by molar-refractivity contribution is 0.122. The second kappa shape index (κ2) is 9.36. The number of morpholine rings is 1. The van der Waals surface area contributed by atoms with Crippen molar-refractivity contribution in [3.05, 3.63) is 48.3 Å². The number of aryl methyl sites for hydroxylation is 2. The molecule has 0 aliphatic carbocycles. The number of hydrogen-bond donors (Lipinski definition) is 1. The number of nitrogens with zero attached hydrogens (tertiary/aromatic N) is 7. The van der Waals surface area contributed by atoms with E-state index in [1.807, 2.05) is 59.8 Å². The quantitative estimate of drug-likeness (QED) is 0.370. The first-order valence-electron chi connectivity index (χ1n) is 11.8. The molecule has 0 saturated carbocycles. The van der Waals surface area contributed by atoms with E-state index in [0.717, 1.165) is 28.0 Å². The Morgan fingerprint density at radius 1 is 0.973 bits per heavy atom. The van der Waals surface area contributed by atoms with Crippen LogP contribution in [0.5, 0.6) is 11.5 Å². The van der Waals surface area contributed by atoms with Gasteiger partial charge in [0.15, 0.2) is 13.7 Å². The summed E-state index contributed by atoms with van der Waals surface area (Å²) >= 11 is 0. The minimum atomic E-state index is 0.0750. The Labute approximate surface area is 215 Å². The maximum atomic E-state index is 6.24. The van der Waals surface area contributed by atoms with Crippen LogP contribution in [0.3, 0.4) is 0 Å². The van der Waals surface area contributed by atoms with Gasteiger partial charge >= 0.3 is 0 Å². The second-order valence-corrected chi connectivity index (χ2v) is 8.85. The highest BCUT2D eigenvalue weighted by atomic mass is 16.5. The number of hydrogen-bond acceptors (Lipinski definition) is 9. The van der Waals surface area contributed by atoms with Crippen molar-refractivity contribution < 1.29 is 9.47 Å². The van der Waals surface area contributed by atoms with Crippen molar-refractivity contribution in [1.29, 1.82) is 0 Å².